The molecule has 0 aliphatic rings. The lowest BCUT2D eigenvalue weighted by Gasteiger charge is -2.07. The van der Waals surface area contributed by atoms with E-state index < -0.39 is 0 Å². The molecular formula is C15H14N2O2S. The van der Waals surface area contributed by atoms with Gasteiger partial charge in [0.25, 0.3) is 0 Å². The van der Waals surface area contributed by atoms with Crippen LogP contribution >= 0.6 is 12.2 Å². The van der Waals surface area contributed by atoms with Crippen molar-refractivity contribution in [3.63, 3.8) is 0 Å². The van der Waals surface area contributed by atoms with Crippen LogP contribution in [0.5, 0.6) is 11.5 Å². The van der Waals surface area contributed by atoms with Crippen molar-refractivity contribution >= 4 is 23.3 Å². The predicted molar refractivity (Wildman–Crippen MR) is 81.6 cm³/mol. The van der Waals surface area contributed by atoms with E-state index in [1.165, 1.54) is 0 Å². The van der Waals surface area contributed by atoms with E-state index in [9.17, 15) is 0 Å². The quantitative estimate of drug-likeness (QED) is 0.746. The number of aromatic nitrogens is 2. The number of H-pyrrole nitrogens is 1. The summed E-state index contributed by atoms with van der Waals surface area (Å²) in [6, 6.07) is 13.6. The van der Waals surface area contributed by atoms with Gasteiger partial charge in [-0.25, -0.2) is 0 Å². The third kappa shape index (κ3) is 2.06. The van der Waals surface area contributed by atoms with Crippen LogP contribution in [-0.2, 0) is 0 Å². The fourth-order valence-corrected chi connectivity index (χ4v) is 2.51. The van der Waals surface area contributed by atoms with Crippen molar-refractivity contribution in [1.29, 1.82) is 0 Å². The highest BCUT2D eigenvalue weighted by Crippen LogP contribution is 2.24. The number of fused-ring (bicyclic) bond motifs is 1. The van der Waals surface area contributed by atoms with Crippen LogP contribution < -0.4 is 9.47 Å². The number of hydrogen-bond donors (Lipinski definition) is 1. The number of hydrogen-bond acceptors (Lipinski definition) is 3. The van der Waals surface area contributed by atoms with Gasteiger partial charge < -0.3 is 14.5 Å². The van der Waals surface area contributed by atoms with Gasteiger partial charge in [-0.3, -0.25) is 4.57 Å². The van der Waals surface area contributed by atoms with Gasteiger partial charge in [-0.2, -0.15) is 0 Å². The normalized spacial score (nSPS) is 10.7. The lowest BCUT2D eigenvalue weighted by Crippen LogP contribution is -1.94. The summed E-state index contributed by atoms with van der Waals surface area (Å²) < 4.78 is 13.1. The summed E-state index contributed by atoms with van der Waals surface area (Å²) in [6.07, 6.45) is 0. The summed E-state index contributed by atoms with van der Waals surface area (Å²) in [7, 11) is 3.30. The third-order valence-corrected chi connectivity index (χ3v) is 3.51. The molecule has 0 spiro atoms. The Hall–Kier alpha value is -2.27. The molecule has 5 heteroatoms. The van der Waals surface area contributed by atoms with E-state index in [4.69, 9.17) is 21.7 Å². The SMILES string of the molecule is COc1ccc(-n2c(=S)[nH]c3ccc(OC)cc32)cc1. The van der Waals surface area contributed by atoms with Crippen molar-refractivity contribution < 1.29 is 9.47 Å². The zero-order chi connectivity index (χ0) is 14.1. The van der Waals surface area contributed by atoms with Crippen LogP contribution in [0.25, 0.3) is 16.7 Å². The molecule has 4 nitrogen and oxygen atoms in total. The molecule has 0 saturated heterocycles. The number of aromatic amines is 1. The first-order valence-corrected chi connectivity index (χ1v) is 6.57. The maximum absolute atomic E-state index is 5.41. The van der Waals surface area contributed by atoms with Gasteiger partial charge in [0, 0.05) is 11.8 Å². The first-order valence-electron chi connectivity index (χ1n) is 6.16. The van der Waals surface area contributed by atoms with Crippen LogP contribution in [0.2, 0.25) is 0 Å². The van der Waals surface area contributed by atoms with Crippen LogP contribution in [0.3, 0.4) is 0 Å². The Morgan fingerprint density at radius 1 is 0.950 bits per heavy atom. The van der Waals surface area contributed by atoms with Crippen LogP contribution in [-0.4, -0.2) is 23.8 Å². The molecule has 0 unspecified atom stereocenters. The van der Waals surface area contributed by atoms with E-state index in [2.05, 4.69) is 4.98 Å². The Labute approximate surface area is 121 Å². The molecule has 3 aromatic rings. The highest BCUT2D eigenvalue weighted by atomic mass is 32.1. The average molecular weight is 286 g/mol. The second-order valence-corrected chi connectivity index (χ2v) is 4.73. The summed E-state index contributed by atoms with van der Waals surface area (Å²) >= 11 is 5.41. The van der Waals surface area contributed by atoms with E-state index in [1.807, 2.05) is 47.0 Å². The zero-order valence-corrected chi connectivity index (χ0v) is 12.0. The van der Waals surface area contributed by atoms with Crippen LogP contribution in [0.1, 0.15) is 0 Å². The maximum Gasteiger partial charge on any atom is 0.182 e. The minimum absolute atomic E-state index is 0.651. The van der Waals surface area contributed by atoms with E-state index in [1.54, 1.807) is 14.2 Å². The number of imidazole rings is 1. The topological polar surface area (TPSA) is 39.2 Å². The number of rotatable bonds is 3. The van der Waals surface area contributed by atoms with Crippen LogP contribution in [0.4, 0.5) is 0 Å². The number of benzene rings is 2. The molecule has 0 aliphatic carbocycles. The highest BCUT2D eigenvalue weighted by Gasteiger charge is 2.07. The fraction of sp³-hybridized carbons (Fsp3) is 0.133. The van der Waals surface area contributed by atoms with Gasteiger partial charge in [0.05, 0.1) is 25.3 Å². The molecule has 3 rings (SSSR count). The second kappa shape index (κ2) is 5.02. The molecule has 2 aromatic carbocycles. The molecule has 1 heterocycles. The highest BCUT2D eigenvalue weighted by molar-refractivity contribution is 7.71. The first-order chi connectivity index (χ1) is 9.72. The Morgan fingerprint density at radius 3 is 2.25 bits per heavy atom. The standard InChI is InChI=1S/C15H14N2O2S/c1-18-11-5-3-10(4-6-11)17-14-9-12(19-2)7-8-13(14)16-15(17)20/h3-9H,1-2H3,(H,16,20). The number of nitrogens with zero attached hydrogens (tertiary/aromatic N) is 1. The van der Waals surface area contributed by atoms with E-state index in [-0.39, 0.29) is 0 Å². The summed E-state index contributed by atoms with van der Waals surface area (Å²) in [5.74, 6) is 1.62. The Balaban J connectivity index is 2.23. The van der Waals surface area contributed by atoms with Gasteiger partial charge in [-0.1, -0.05) is 0 Å². The Bertz CT molecular complexity index is 803. The maximum atomic E-state index is 5.41. The van der Waals surface area contributed by atoms with Gasteiger partial charge in [0.2, 0.25) is 0 Å². The molecule has 0 amide bonds. The summed E-state index contributed by atoms with van der Waals surface area (Å²) in [5, 5.41) is 0. The largest absolute Gasteiger partial charge is 0.497 e. The molecule has 0 atom stereocenters. The van der Waals surface area contributed by atoms with Gasteiger partial charge in [-0.05, 0) is 48.6 Å². The summed E-state index contributed by atoms with van der Waals surface area (Å²) in [4.78, 5) is 3.20. The lowest BCUT2D eigenvalue weighted by atomic mass is 10.2. The van der Waals surface area contributed by atoms with Crippen molar-refractivity contribution in [2.45, 2.75) is 0 Å². The minimum Gasteiger partial charge on any atom is -0.497 e. The van der Waals surface area contributed by atoms with E-state index in [0.717, 1.165) is 28.2 Å². The molecule has 1 N–H and O–H groups in total. The predicted octanol–water partition coefficient (Wildman–Crippen LogP) is 3.71. The molecule has 0 fully saturated rings. The smallest absolute Gasteiger partial charge is 0.182 e. The summed E-state index contributed by atoms with van der Waals surface area (Å²) in [6.45, 7) is 0. The zero-order valence-electron chi connectivity index (χ0n) is 11.2. The fourth-order valence-electron chi connectivity index (χ4n) is 2.20. The second-order valence-electron chi connectivity index (χ2n) is 4.35. The third-order valence-electron chi connectivity index (χ3n) is 3.22. The van der Waals surface area contributed by atoms with Crippen LogP contribution in [0, 0.1) is 4.77 Å². The molecule has 102 valence electrons. The van der Waals surface area contributed by atoms with Crippen molar-refractivity contribution in [3.05, 3.63) is 47.2 Å². The van der Waals surface area contributed by atoms with E-state index in [0.29, 0.717) is 4.77 Å². The van der Waals surface area contributed by atoms with Gasteiger partial charge in [0.15, 0.2) is 4.77 Å². The number of ether oxygens (including phenoxy) is 2. The Morgan fingerprint density at radius 2 is 1.60 bits per heavy atom. The van der Waals surface area contributed by atoms with Gasteiger partial charge >= 0.3 is 0 Å². The molecule has 0 aliphatic heterocycles. The number of nitrogens with one attached hydrogen (secondary N) is 1. The van der Waals surface area contributed by atoms with Crippen molar-refractivity contribution in [2.24, 2.45) is 0 Å². The Kier molecular flexibility index (Phi) is 3.20. The molecule has 20 heavy (non-hydrogen) atoms. The minimum atomic E-state index is 0.651. The molecule has 0 radical (unpaired) electrons. The molecular weight excluding hydrogens is 272 g/mol. The lowest BCUT2D eigenvalue weighted by molar-refractivity contribution is 0.414. The average Bonchev–Trinajstić information content (AvgIpc) is 2.82. The number of methoxy groups -OCH3 is 2. The first kappa shape index (κ1) is 12.7. The van der Waals surface area contributed by atoms with E-state index >= 15 is 0 Å². The van der Waals surface area contributed by atoms with Gasteiger partial charge in [0.1, 0.15) is 11.5 Å². The monoisotopic (exact) mass is 286 g/mol. The van der Waals surface area contributed by atoms with Crippen molar-refractivity contribution in [1.82, 2.24) is 9.55 Å². The summed E-state index contributed by atoms with van der Waals surface area (Å²) in [5.41, 5.74) is 2.95. The van der Waals surface area contributed by atoms with Crippen molar-refractivity contribution in [3.8, 4) is 17.2 Å². The molecule has 0 bridgehead atoms. The van der Waals surface area contributed by atoms with Crippen LogP contribution in [0.15, 0.2) is 42.5 Å². The van der Waals surface area contributed by atoms with Crippen molar-refractivity contribution in [2.75, 3.05) is 14.2 Å². The molecule has 1 aromatic heterocycles. The molecule has 0 saturated carbocycles. The van der Waals surface area contributed by atoms with Gasteiger partial charge in [-0.15, -0.1) is 0 Å².